The Morgan fingerprint density at radius 1 is 1.17 bits per heavy atom. The van der Waals surface area contributed by atoms with Crippen LogP contribution in [0.15, 0.2) is 4.79 Å². The summed E-state index contributed by atoms with van der Waals surface area (Å²) in [6, 6.07) is 0. The van der Waals surface area contributed by atoms with Gasteiger partial charge < -0.3 is 5.32 Å². The van der Waals surface area contributed by atoms with Gasteiger partial charge in [0.25, 0.3) is 0 Å². The van der Waals surface area contributed by atoms with E-state index < -0.39 is 0 Å². The lowest BCUT2D eigenvalue weighted by Gasteiger charge is -2.02. The molecule has 2 aromatic heterocycles. The first-order valence-corrected chi connectivity index (χ1v) is 6.24. The van der Waals surface area contributed by atoms with Gasteiger partial charge in [-0.15, -0.1) is 0 Å². The van der Waals surface area contributed by atoms with Crippen molar-refractivity contribution >= 4 is 17.0 Å². The van der Waals surface area contributed by atoms with E-state index in [0.29, 0.717) is 22.8 Å². The van der Waals surface area contributed by atoms with E-state index in [9.17, 15) is 4.79 Å². The number of H-pyrrole nitrogens is 1. The van der Waals surface area contributed by atoms with Crippen LogP contribution >= 0.6 is 0 Å². The number of aromatic nitrogens is 4. The minimum atomic E-state index is -0.184. The summed E-state index contributed by atoms with van der Waals surface area (Å²) in [7, 11) is 3.44. The number of hydrogen-bond donors (Lipinski definition) is 2. The lowest BCUT2D eigenvalue weighted by atomic mass is 10.4. The Kier molecular flexibility index (Phi) is 6.70. The zero-order valence-corrected chi connectivity index (χ0v) is 12.2. The van der Waals surface area contributed by atoms with E-state index >= 15 is 0 Å². The van der Waals surface area contributed by atoms with Crippen LogP contribution in [0.1, 0.15) is 33.5 Å². The molecular formula is C12H23N5O. The lowest BCUT2D eigenvalue weighted by molar-refractivity contribution is 0.890. The highest BCUT2D eigenvalue weighted by atomic mass is 16.1. The fourth-order valence-corrected chi connectivity index (χ4v) is 1.43. The van der Waals surface area contributed by atoms with Crippen LogP contribution in [-0.4, -0.2) is 26.6 Å². The second-order valence-electron chi connectivity index (χ2n) is 3.06. The molecule has 6 nitrogen and oxygen atoms in total. The van der Waals surface area contributed by atoms with E-state index in [0.717, 1.165) is 0 Å². The first-order valence-electron chi connectivity index (χ1n) is 6.24. The number of aromatic amines is 1. The molecule has 0 atom stereocenters. The summed E-state index contributed by atoms with van der Waals surface area (Å²) in [5.74, 6) is 1.29. The highest BCUT2D eigenvalue weighted by molar-refractivity contribution is 5.82. The molecule has 0 amide bonds. The van der Waals surface area contributed by atoms with Crippen LogP contribution in [-0.2, 0) is 7.05 Å². The van der Waals surface area contributed by atoms with Gasteiger partial charge >= 0.3 is 5.69 Å². The van der Waals surface area contributed by atoms with Gasteiger partial charge in [-0.05, 0) is 6.92 Å². The Balaban J connectivity index is 0.000000659. The van der Waals surface area contributed by atoms with Gasteiger partial charge in [-0.3, -0.25) is 9.55 Å². The number of hydrogen-bond acceptors (Lipinski definition) is 4. The van der Waals surface area contributed by atoms with Gasteiger partial charge in [0, 0.05) is 14.1 Å². The van der Waals surface area contributed by atoms with Crippen molar-refractivity contribution in [2.24, 2.45) is 7.05 Å². The van der Waals surface area contributed by atoms with Crippen molar-refractivity contribution in [3.05, 3.63) is 16.3 Å². The van der Waals surface area contributed by atoms with Crippen molar-refractivity contribution < 1.29 is 0 Å². The summed E-state index contributed by atoms with van der Waals surface area (Å²) >= 11 is 0. The predicted octanol–water partition coefficient (Wildman–Crippen LogP) is 2.06. The standard InChI is InChI=1S/C8H11N5O.2C2H6/c1-4-10-6(9-2)5-7(11-4)12-8(14)13(5)3;2*1-2/h1-3H3,(H2,9,10,11,12,14);2*1-2H3. The third kappa shape index (κ3) is 3.09. The topological polar surface area (TPSA) is 75.6 Å². The van der Waals surface area contributed by atoms with Crippen LogP contribution in [0.4, 0.5) is 5.82 Å². The minimum absolute atomic E-state index is 0.184. The molecule has 2 N–H and O–H groups in total. The predicted molar refractivity (Wildman–Crippen MR) is 76.1 cm³/mol. The van der Waals surface area contributed by atoms with E-state index in [1.807, 2.05) is 27.7 Å². The second-order valence-corrected chi connectivity index (χ2v) is 3.06. The molecule has 0 aliphatic heterocycles. The fraction of sp³-hybridized carbons (Fsp3) is 0.583. The molecule has 102 valence electrons. The van der Waals surface area contributed by atoms with Crippen LogP contribution < -0.4 is 11.0 Å². The maximum Gasteiger partial charge on any atom is 0.327 e. The number of anilines is 1. The van der Waals surface area contributed by atoms with Gasteiger partial charge in [0.2, 0.25) is 0 Å². The summed E-state index contributed by atoms with van der Waals surface area (Å²) in [5, 5.41) is 2.93. The Morgan fingerprint density at radius 3 is 2.22 bits per heavy atom. The Bertz CT molecular complexity index is 541. The summed E-state index contributed by atoms with van der Waals surface area (Å²) in [5.41, 5.74) is 1.08. The third-order valence-corrected chi connectivity index (χ3v) is 2.10. The second kappa shape index (κ2) is 7.47. The number of fused-ring (bicyclic) bond motifs is 1. The highest BCUT2D eigenvalue weighted by Crippen LogP contribution is 2.15. The van der Waals surface area contributed by atoms with Crippen molar-refractivity contribution in [3.8, 4) is 0 Å². The van der Waals surface area contributed by atoms with Crippen molar-refractivity contribution in [1.82, 2.24) is 19.5 Å². The minimum Gasteiger partial charge on any atom is -0.371 e. The van der Waals surface area contributed by atoms with Crippen molar-refractivity contribution in [2.75, 3.05) is 12.4 Å². The SMILES string of the molecule is CC.CC.CNc1nc(C)nc2[nH]c(=O)n(C)c12. The molecule has 0 unspecified atom stereocenters. The van der Waals surface area contributed by atoms with Gasteiger partial charge in [-0.1, -0.05) is 27.7 Å². The van der Waals surface area contributed by atoms with Gasteiger partial charge in [0.1, 0.15) is 11.3 Å². The molecule has 6 heteroatoms. The number of imidazole rings is 1. The van der Waals surface area contributed by atoms with Crippen LogP contribution in [0.2, 0.25) is 0 Å². The van der Waals surface area contributed by atoms with E-state index in [-0.39, 0.29) is 5.69 Å². The zero-order chi connectivity index (χ0) is 14.3. The summed E-state index contributed by atoms with van der Waals surface area (Å²) in [4.78, 5) is 22.3. The summed E-state index contributed by atoms with van der Waals surface area (Å²) in [6.45, 7) is 9.78. The Morgan fingerprint density at radius 2 is 1.72 bits per heavy atom. The van der Waals surface area contributed by atoms with Gasteiger partial charge in [-0.25, -0.2) is 14.8 Å². The fourth-order valence-electron chi connectivity index (χ4n) is 1.43. The maximum absolute atomic E-state index is 11.3. The molecule has 0 aliphatic rings. The van der Waals surface area contributed by atoms with Crippen molar-refractivity contribution in [1.29, 1.82) is 0 Å². The van der Waals surface area contributed by atoms with Gasteiger partial charge in [0.15, 0.2) is 11.5 Å². The van der Waals surface area contributed by atoms with E-state index in [1.165, 1.54) is 4.57 Å². The first-order chi connectivity index (χ1) is 8.63. The quantitative estimate of drug-likeness (QED) is 0.815. The average molecular weight is 253 g/mol. The molecule has 0 spiro atoms. The number of nitrogens with zero attached hydrogens (tertiary/aromatic N) is 3. The van der Waals surface area contributed by atoms with Crippen LogP contribution in [0.3, 0.4) is 0 Å². The number of rotatable bonds is 1. The lowest BCUT2D eigenvalue weighted by Crippen LogP contribution is -2.12. The van der Waals surface area contributed by atoms with E-state index in [1.54, 1.807) is 21.0 Å². The molecule has 0 radical (unpaired) electrons. The van der Waals surface area contributed by atoms with Crippen LogP contribution in [0.5, 0.6) is 0 Å². The number of aryl methyl sites for hydroxylation is 2. The molecular weight excluding hydrogens is 230 g/mol. The Labute approximate surface area is 107 Å². The smallest absolute Gasteiger partial charge is 0.327 e. The average Bonchev–Trinajstić information content (AvgIpc) is 2.68. The zero-order valence-electron chi connectivity index (χ0n) is 12.2. The molecule has 0 bridgehead atoms. The summed E-state index contributed by atoms with van der Waals surface area (Å²) < 4.78 is 1.49. The monoisotopic (exact) mass is 253 g/mol. The molecule has 0 fully saturated rings. The molecule has 0 saturated carbocycles. The number of nitrogens with one attached hydrogen (secondary N) is 2. The molecule has 2 aromatic rings. The largest absolute Gasteiger partial charge is 0.371 e. The van der Waals surface area contributed by atoms with Crippen molar-refractivity contribution in [3.63, 3.8) is 0 Å². The molecule has 2 heterocycles. The molecule has 18 heavy (non-hydrogen) atoms. The first kappa shape index (κ1) is 16.1. The normalized spacial score (nSPS) is 9.06. The van der Waals surface area contributed by atoms with Crippen LogP contribution in [0, 0.1) is 6.92 Å². The van der Waals surface area contributed by atoms with E-state index in [4.69, 9.17) is 0 Å². The molecule has 0 saturated heterocycles. The third-order valence-electron chi connectivity index (χ3n) is 2.10. The highest BCUT2D eigenvalue weighted by Gasteiger charge is 2.10. The van der Waals surface area contributed by atoms with Crippen molar-refractivity contribution in [2.45, 2.75) is 34.6 Å². The van der Waals surface area contributed by atoms with Crippen LogP contribution in [0.25, 0.3) is 11.2 Å². The molecule has 2 rings (SSSR count). The van der Waals surface area contributed by atoms with E-state index in [2.05, 4.69) is 20.3 Å². The molecule has 0 aliphatic carbocycles. The van der Waals surface area contributed by atoms with Gasteiger partial charge in [0.05, 0.1) is 0 Å². The summed E-state index contributed by atoms with van der Waals surface area (Å²) in [6.07, 6.45) is 0. The Hall–Kier alpha value is -1.85. The maximum atomic E-state index is 11.3. The molecule has 0 aromatic carbocycles. The van der Waals surface area contributed by atoms with Gasteiger partial charge in [-0.2, -0.15) is 0 Å².